The zero-order chi connectivity index (χ0) is 19.1. The minimum atomic E-state index is -0.236. The number of carbonyl (C=O) groups excluding carboxylic acids is 3. The van der Waals surface area contributed by atoms with Gasteiger partial charge >= 0.3 is 6.03 Å². The molecule has 1 aromatic rings. The van der Waals surface area contributed by atoms with E-state index in [1.54, 1.807) is 28.0 Å². The molecule has 142 valence electrons. The van der Waals surface area contributed by atoms with Gasteiger partial charge in [0.25, 0.3) is 5.91 Å². The van der Waals surface area contributed by atoms with Gasteiger partial charge in [0, 0.05) is 45.2 Å². The number of anilines is 1. The largest absolute Gasteiger partial charge is 0.495 e. The second kappa shape index (κ2) is 9.07. The molecule has 4 amide bonds. The summed E-state index contributed by atoms with van der Waals surface area (Å²) in [5.41, 5.74) is 0.932. The maximum absolute atomic E-state index is 12.7. The standard InChI is InChI=1S/C18H26N4O4/c1-4-7-19-18(25)22-10-8-21(9-11-22)17(24)14-5-6-16(26-3)15(12-14)20-13(2)23/h5-6,12H,4,7-11H2,1-3H3,(H,19,25)(H,20,23). The Hall–Kier alpha value is -2.77. The van der Waals surface area contributed by atoms with E-state index in [2.05, 4.69) is 10.6 Å². The molecular formula is C18H26N4O4. The van der Waals surface area contributed by atoms with Crippen LogP contribution in [-0.4, -0.2) is 67.5 Å². The van der Waals surface area contributed by atoms with Gasteiger partial charge in [0.05, 0.1) is 12.8 Å². The summed E-state index contributed by atoms with van der Waals surface area (Å²) in [7, 11) is 1.50. The van der Waals surface area contributed by atoms with Gasteiger partial charge in [-0.1, -0.05) is 6.92 Å². The molecule has 0 atom stereocenters. The summed E-state index contributed by atoms with van der Waals surface area (Å²) in [5.74, 6) is 0.127. The van der Waals surface area contributed by atoms with E-state index in [-0.39, 0.29) is 17.8 Å². The van der Waals surface area contributed by atoms with Gasteiger partial charge in [0.2, 0.25) is 5.91 Å². The zero-order valence-electron chi connectivity index (χ0n) is 15.5. The molecule has 2 N–H and O–H groups in total. The number of benzene rings is 1. The molecule has 0 aromatic heterocycles. The van der Waals surface area contributed by atoms with Gasteiger partial charge in [-0.2, -0.15) is 0 Å². The first-order chi connectivity index (χ1) is 12.5. The van der Waals surface area contributed by atoms with E-state index in [0.717, 1.165) is 6.42 Å². The number of carbonyl (C=O) groups is 3. The molecular weight excluding hydrogens is 336 g/mol. The molecule has 8 nitrogen and oxygen atoms in total. The third-order valence-corrected chi connectivity index (χ3v) is 4.14. The van der Waals surface area contributed by atoms with Crippen molar-refractivity contribution in [3.63, 3.8) is 0 Å². The predicted octanol–water partition coefficient (Wildman–Crippen LogP) is 1.53. The van der Waals surface area contributed by atoms with Gasteiger partial charge in [-0.15, -0.1) is 0 Å². The molecule has 0 unspecified atom stereocenters. The third-order valence-electron chi connectivity index (χ3n) is 4.14. The van der Waals surface area contributed by atoms with E-state index in [0.29, 0.717) is 49.7 Å². The number of methoxy groups -OCH3 is 1. The number of piperazine rings is 1. The second-order valence-corrected chi connectivity index (χ2v) is 6.11. The van der Waals surface area contributed by atoms with Gasteiger partial charge in [0.1, 0.15) is 5.75 Å². The van der Waals surface area contributed by atoms with Crippen LogP contribution in [0.2, 0.25) is 0 Å². The lowest BCUT2D eigenvalue weighted by Crippen LogP contribution is -2.53. The van der Waals surface area contributed by atoms with Crippen molar-refractivity contribution in [2.45, 2.75) is 20.3 Å². The zero-order valence-corrected chi connectivity index (χ0v) is 15.5. The highest BCUT2D eigenvalue weighted by Crippen LogP contribution is 2.26. The molecule has 26 heavy (non-hydrogen) atoms. The minimum absolute atomic E-state index is 0.0867. The first-order valence-corrected chi connectivity index (χ1v) is 8.74. The van der Waals surface area contributed by atoms with E-state index in [9.17, 15) is 14.4 Å². The van der Waals surface area contributed by atoms with Crippen LogP contribution < -0.4 is 15.4 Å². The number of ether oxygens (including phenoxy) is 1. The van der Waals surface area contributed by atoms with Gasteiger partial charge < -0.3 is 25.2 Å². The number of amides is 4. The Kier molecular flexibility index (Phi) is 6.82. The van der Waals surface area contributed by atoms with Crippen LogP contribution >= 0.6 is 0 Å². The van der Waals surface area contributed by atoms with Crippen molar-refractivity contribution in [2.24, 2.45) is 0 Å². The van der Waals surface area contributed by atoms with Crippen molar-refractivity contribution in [3.05, 3.63) is 23.8 Å². The van der Waals surface area contributed by atoms with Crippen LogP contribution in [0.15, 0.2) is 18.2 Å². The van der Waals surface area contributed by atoms with Crippen molar-refractivity contribution in [3.8, 4) is 5.75 Å². The van der Waals surface area contributed by atoms with Crippen molar-refractivity contribution in [1.29, 1.82) is 0 Å². The number of nitrogens with one attached hydrogen (secondary N) is 2. The quantitative estimate of drug-likeness (QED) is 0.831. The molecule has 1 aromatic carbocycles. The Balaban J connectivity index is 2.01. The SMILES string of the molecule is CCCNC(=O)N1CCN(C(=O)c2ccc(OC)c(NC(C)=O)c2)CC1. The minimum Gasteiger partial charge on any atom is -0.495 e. The summed E-state index contributed by atoms with van der Waals surface area (Å²) < 4.78 is 5.21. The molecule has 1 aliphatic heterocycles. The Morgan fingerprint density at radius 3 is 2.35 bits per heavy atom. The lowest BCUT2D eigenvalue weighted by Gasteiger charge is -2.34. The molecule has 2 rings (SSSR count). The lowest BCUT2D eigenvalue weighted by atomic mass is 10.1. The van der Waals surface area contributed by atoms with Gasteiger partial charge in [0.15, 0.2) is 0 Å². The summed E-state index contributed by atoms with van der Waals surface area (Å²) in [6, 6.07) is 4.86. The predicted molar refractivity (Wildman–Crippen MR) is 98.5 cm³/mol. The van der Waals surface area contributed by atoms with Crippen molar-refractivity contribution in [2.75, 3.05) is 45.2 Å². The summed E-state index contributed by atoms with van der Waals surface area (Å²) >= 11 is 0. The number of hydrogen-bond donors (Lipinski definition) is 2. The van der Waals surface area contributed by atoms with E-state index < -0.39 is 0 Å². The van der Waals surface area contributed by atoms with Gasteiger partial charge in [-0.25, -0.2) is 4.79 Å². The Morgan fingerprint density at radius 2 is 1.77 bits per heavy atom. The van der Waals surface area contributed by atoms with E-state index >= 15 is 0 Å². The van der Waals surface area contributed by atoms with Crippen molar-refractivity contribution < 1.29 is 19.1 Å². The Labute approximate surface area is 153 Å². The lowest BCUT2D eigenvalue weighted by molar-refractivity contribution is -0.114. The third kappa shape index (κ3) is 4.87. The van der Waals surface area contributed by atoms with Crippen LogP contribution in [-0.2, 0) is 4.79 Å². The fourth-order valence-corrected chi connectivity index (χ4v) is 2.77. The first-order valence-electron chi connectivity index (χ1n) is 8.74. The molecule has 1 saturated heterocycles. The number of nitrogens with zero attached hydrogens (tertiary/aromatic N) is 2. The average Bonchev–Trinajstić information content (AvgIpc) is 2.65. The molecule has 8 heteroatoms. The van der Waals surface area contributed by atoms with Crippen LogP contribution in [0.1, 0.15) is 30.6 Å². The smallest absolute Gasteiger partial charge is 0.317 e. The van der Waals surface area contributed by atoms with Gasteiger partial charge in [-0.3, -0.25) is 9.59 Å². The number of hydrogen-bond acceptors (Lipinski definition) is 4. The second-order valence-electron chi connectivity index (χ2n) is 6.11. The van der Waals surface area contributed by atoms with Crippen molar-refractivity contribution >= 4 is 23.5 Å². The van der Waals surface area contributed by atoms with E-state index in [4.69, 9.17) is 4.74 Å². The normalized spacial score (nSPS) is 14.0. The average molecular weight is 362 g/mol. The highest BCUT2D eigenvalue weighted by Gasteiger charge is 2.25. The fraction of sp³-hybridized carbons (Fsp3) is 0.500. The van der Waals surface area contributed by atoms with Crippen LogP contribution in [0.4, 0.5) is 10.5 Å². The Morgan fingerprint density at radius 1 is 1.12 bits per heavy atom. The van der Waals surface area contributed by atoms with Crippen LogP contribution in [0, 0.1) is 0 Å². The van der Waals surface area contributed by atoms with Crippen LogP contribution in [0.3, 0.4) is 0 Å². The van der Waals surface area contributed by atoms with Crippen molar-refractivity contribution in [1.82, 2.24) is 15.1 Å². The van der Waals surface area contributed by atoms with Gasteiger partial charge in [-0.05, 0) is 24.6 Å². The van der Waals surface area contributed by atoms with Crippen LogP contribution in [0.25, 0.3) is 0 Å². The fourth-order valence-electron chi connectivity index (χ4n) is 2.77. The summed E-state index contributed by atoms with van der Waals surface area (Å²) in [5, 5.41) is 5.51. The molecule has 1 aliphatic rings. The summed E-state index contributed by atoms with van der Waals surface area (Å²) in [6.45, 7) is 5.99. The maximum Gasteiger partial charge on any atom is 0.317 e. The molecule has 0 bridgehead atoms. The summed E-state index contributed by atoms with van der Waals surface area (Å²) in [4.78, 5) is 39.5. The Bertz CT molecular complexity index is 669. The number of rotatable bonds is 5. The molecule has 0 radical (unpaired) electrons. The number of urea groups is 1. The monoisotopic (exact) mass is 362 g/mol. The maximum atomic E-state index is 12.7. The van der Waals surface area contributed by atoms with Crippen LogP contribution in [0.5, 0.6) is 5.75 Å². The highest BCUT2D eigenvalue weighted by molar-refractivity contribution is 5.98. The first kappa shape index (κ1) is 19.6. The molecule has 0 aliphatic carbocycles. The molecule has 0 saturated carbocycles. The van der Waals surface area contributed by atoms with E-state index in [1.165, 1.54) is 14.0 Å². The summed E-state index contributed by atoms with van der Waals surface area (Å²) in [6.07, 6.45) is 0.887. The van der Waals surface area contributed by atoms with E-state index in [1.807, 2.05) is 6.92 Å². The highest BCUT2D eigenvalue weighted by atomic mass is 16.5. The molecule has 1 heterocycles. The topological polar surface area (TPSA) is 91.0 Å². The molecule has 0 spiro atoms. The molecule has 1 fully saturated rings.